The summed E-state index contributed by atoms with van der Waals surface area (Å²) in [7, 11) is 0. The number of nitrogens with zero attached hydrogens (tertiary/aromatic N) is 1. The molecule has 2 N–H and O–H groups in total. The van der Waals surface area contributed by atoms with Crippen LogP contribution in [0.25, 0.3) is 0 Å². The number of phenols is 1. The van der Waals surface area contributed by atoms with Crippen molar-refractivity contribution in [2.45, 2.75) is 13.3 Å². The van der Waals surface area contributed by atoms with Gasteiger partial charge in [-0.1, -0.05) is 6.92 Å². The Labute approximate surface area is 119 Å². The molecule has 0 radical (unpaired) electrons. The lowest BCUT2D eigenvalue weighted by atomic mass is 10.1. The number of nitrogens with one attached hydrogen (secondary N) is 1. The van der Waals surface area contributed by atoms with Crippen molar-refractivity contribution >= 4 is 5.78 Å². The third kappa shape index (κ3) is 3.95. The average molecular weight is 278 g/mol. The molecule has 1 aromatic carbocycles. The number of ketones is 1. The molecule has 5 heteroatoms. The van der Waals surface area contributed by atoms with E-state index in [0.29, 0.717) is 24.5 Å². The molecule has 1 aliphatic heterocycles. The zero-order valence-corrected chi connectivity index (χ0v) is 11.9. The SMILES string of the molecule is CCCOc1ccc(O)c(C(=O)CN2CCNCC2)c1. The van der Waals surface area contributed by atoms with Crippen molar-refractivity contribution in [3.05, 3.63) is 23.8 Å². The van der Waals surface area contributed by atoms with Crippen molar-refractivity contribution in [2.24, 2.45) is 0 Å². The Morgan fingerprint density at radius 3 is 2.85 bits per heavy atom. The van der Waals surface area contributed by atoms with Crippen molar-refractivity contribution < 1.29 is 14.6 Å². The summed E-state index contributed by atoms with van der Waals surface area (Å²) in [6, 6.07) is 4.85. The second-order valence-corrected chi connectivity index (χ2v) is 4.98. The summed E-state index contributed by atoms with van der Waals surface area (Å²) >= 11 is 0. The number of carbonyl (C=O) groups is 1. The van der Waals surface area contributed by atoms with Crippen LogP contribution in [0, 0.1) is 0 Å². The highest BCUT2D eigenvalue weighted by atomic mass is 16.5. The lowest BCUT2D eigenvalue weighted by molar-refractivity contribution is 0.0918. The third-order valence-corrected chi connectivity index (χ3v) is 3.32. The standard InChI is InChI=1S/C15H22N2O3/c1-2-9-20-12-3-4-14(18)13(10-12)15(19)11-17-7-5-16-6-8-17/h3-4,10,16,18H,2,5-9,11H2,1H3. The molecule has 0 bridgehead atoms. The smallest absolute Gasteiger partial charge is 0.180 e. The van der Waals surface area contributed by atoms with Crippen molar-refractivity contribution in [1.82, 2.24) is 10.2 Å². The molecule has 1 fully saturated rings. The van der Waals surface area contributed by atoms with Crippen LogP contribution >= 0.6 is 0 Å². The Hall–Kier alpha value is -1.59. The molecule has 2 rings (SSSR count). The van der Waals surface area contributed by atoms with Gasteiger partial charge in [-0.25, -0.2) is 0 Å². The Morgan fingerprint density at radius 2 is 2.15 bits per heavy atom. The highest BCUT2D eigenvalue weighted by Gasteiger charge is 2.18. The molecule has 20 heavy (non-hydrogen) atoms. The summed E-state index contributed by atoms with van der Waals surface area (Å²) < 4.78 is 5.50. The van der Waals surface area contributed by atoms with Crippen LogP contribution in [0.4, 0.5) is 0 Å². The molecule has 0 amide bonds. The van der Waals surface area contributed by atoms with Gasteiger partial charge in [-0.15, -0.1) is 0 Å². The zero-order valence-electron chi connectivity index (χ0n) is 11.9. The summed E-state index contributed by atoms with van der Waals surface area (Å²) in [5, 5.41) is 13.1. The van der Waals surface area contributed by atoms with Gasteiger partial charge in [0, 0.05) is 26.2 Å². The summed E-state index contributed by atoms with van der Waals surface area (Å²) in [5.74, 6) is 0.591. The predicted molar refractivity (Wildman–Crippen MR) is 77.5 cm³/mol. The number of hydrogen-bond acceptors (Lipinski definition) is 5. The number of phenolic OH excluding ortho intramolecular Hbond substituents is 1. The van der Waals surface area contributed by atoms with Crippen LogP contribution < -0.4 is 10.1 Å². The number of aromatic hydroxyl groups is 1. The van der Waals surface area contributed by atoms with Gasteiger partial charge in [-0.2, -0.15) is 0 Å². The largest absolute Gasteiger partial charge is 0.507 e. The van der Waals surface area contributed by atoms with Crippen molar-refractivity contribution in [3.63, 3.8) is 0 Å². The molecule has 5 nitrogen and oxygen atoms in total. The summed E-state index contributed by atoms with van der Waals surface area (Å²) in [6.45, 7) is 6.49. The summed E-state index contributed by atoms with van der Waals surface area (Å²) in [5.41, 5.74) is 0.345. The van der Waals surface area contributed by atoms with Gasteiger partial charge in [0.1, 0.15) is 11.5 Å². The number of ether oxygens (including phenoxy) is 1. The molecule has 1 aromatic rings. The normalized spacial score (nSPS) is 16.1. The minimum absolute atomic E-state index is 0.0222. The van der Waals surface area contributed by atoms with Crippen LogP contribution in [0.3, 0.4) is 0 Å². The van der Waals surface area contributed by atoms with E-state index in [0.717, 1.165) is 32.6 Å². The monoisotopic (exact) mass is 278 g/mol. The van der Waals surface area contributed by atoms with Gasteiger partial charge in [-0.3, -0.25) is 9.69 Å². The van der Waals surface area contributed by atoms with Gasteiger partial charge in [0.25, 0.3) is 0 Å². The molecule has 1 heterocycles. The van der Waals surface area contributed by atoms with Crippen LogP contribution in [-0.4, -0.2) is 55.1 Å². The van der Waals surface area contributed by atoms with E-state index < -0.39 is 0 Å². The fourth-order valence-corrected chi connectivity index (χ4v) is 2.21. The lowest BCUT2D eigenvalue weighted by Crippen LogP contribution is -2.45. The van der Waals surface area contributed by atoms with Crippen LogP contribution in [-0.2, 0) is 0 Å². The van der Waals surface area contributed by atoms with Gasteiger partial charge in [0.2, 0.25) is 0 Å². The first kappa shape index (κ1) is 14.8. The number of carbonyl (C=O) groups excluding carboxylic acids is 1. The van der Waals surface area contributed by atoms with Crippen molar-refractivity contribution in [2.75, 3.05) is 39.3 Å². The number of benzene rings is 1. The van der Waals surface area contributed by atoms with Gasteiger partial charge in [-0.05, 0) is 24.6 Å². The van der Waals surface area contributed by atoms with E-state index in [-0.39, 0.29) is 11.5 Å². The van der Waals surface area contributed by atoms with E-state index in [2.05, 4.69) is 10.2 Å². The molecule has 110 valence electrons. The molecule has 0 spiro atoms. The van der Waals surface area contributed by atoms with Crippen LogP contribution in [0.5, 0.6) is 11.5 Å². The molecular formula is C15H22N2O3. The second kappa shape index (κ2) is 7.26. The first-order chi connectivity index (χ1) is 9.70. The quantitative estimate of drug-likeness (QED) is 0.767. The molecule has 1 aliphatic rings. The molecule has 0 saturated carbocycles. The Bertz CT molecular complexity index is 456. The van der Waals surface area contributed by atoms with E-state index in [4.69, 9.17) is 4.74 Å². The number of Topliss-reactive ketones (excluding diaryl/α,β-unsaturated/α-hetero) is 1. The van der Waals surface area contributed by atoms with Gasteiger partial charge in [0.05, 0.1) is 18.7 Å². The maximum atomic E-state index is 12.3. The Kier molecular flexibility index (Phi) is 5.38. The number of piperazine rings is 1. The van der Waals surface area contributed by atoms with E-state index in [9.17, 15) is 9.90 Å². The third-order valence-electron chi connectivity index (χ3n) is 3.32. The molecule has 0 aliphatic carbocycles. The zero-order chi connectivity index (χ0) is 14.4. The molecule has 0 unspecified atom stereocenters. The summed E-state index contributed by atoms with van der Waals surface area (Å²) in [4.78, 5) is 14.4. The van der Waals surface area contributed by atoms with E-state index in [1.165, 1.54) is 6.07 Å². The highest BCUT2D eigenvalue weighted by Crippen LogP contribution is 2.24. The average Bonchev–Trinajstić information content (AvgIpc) is 2.47. The highest BCUT2D eigenvalue weighted by molar-refractivity contribution is 6.00. The van der Waals surface area contributed by atoms with Crippen LogP contribution in [0.15, 0.2) is 18.2 Å². The fraction of sp³-hybridized carbons (Fsp3) is 0.533. The molecule has 1 saturated heterocycles. The van der Waals surface area contributed by atoms with Crippen molar-refractivity contribution in [1.29, 1.82) is 0 Å². The van der Waals surface area contributed by atoms with Gasteiger partial charge in [0.15, 0.2) is 5.78 Å². The molecular weight excluding hydrogens is 256 g/mol. The molecule has 0 aromatic heterocycles. The van der Waals surface area contributed by atoms with Crippen molar-refractivity contribution in [3.8, 4) is 11.5 Å². The maximum Gasteiger partial charge on any atom is 0.180 e. The lowest BCUT2D eigenvalue weighted by Gasteiger charge is -2.26. The van der Waals surface area contributed by atoms with Crippen LogP contribution in [0.2, 0.25) is 0 Å². The molecule has 0 atom stereocenters. The minimum atomic E-state index is -0.0636. The summed E-state index contributed by atoms with van der Waals surface area (Å²) in [6.07, 6.45) is 0.908. The van der Waals surface area contributed by atoms with E-state index in [1.807, 2.05) is 6.92 Å². The predicted octanol–water partition coefficient (Wildman–Crippen LogP) is 1.27. The topological polar surface area (TPSA) is 61.8 Å². The first-order valence-electron chi connectivity index (χ1n) is 7.13. The van der Waals surface area contributed by atoms with Crippen LogP contribution in [0.1, 0.15) is 23.7 Å². The minimum Gasteiger partial charge on any atom is -0.507 e. The fourth-order valence-electron chi connectivity index (χ4n) is 2.21. The van der Waals surface area contributed by atoms with Gasteiger partial charge >= 0.3 is 0 Å². The number of rotatable bonds is 6. The number of hydrogen-bond donors (Lipinski definition) is 2. The van der Waals surface area contributed by atoms with Gasteiger partial charge < -0.3 is 15.2 Å². The maximum absolute atomic E-state index is 12.3. The Balaban J connectivity index is 2.03. The first-order valence-corrected chi connectivity index (χ1v) is 7.13. The Morgan fingerprint density at radius 1 is 1.40 bits per heavy atom. The van der Waals surface area contributed by atoms with E-state index >= 15 is 0 Å². The van der Waals surface area contributed by atoms with E-state index in [1.54, 1.807) is 12.1 Å². The second-order valence-electron chi connectivity index (χ2n) is 4.98.